The van der Waals surface area contributed by atoms with E-state index in [4.69, 9.17) is 0 Å². The highest BCUT2D eigenvalue weighted by Gasteiger charge is 2.32. The van der Waals surface area contributed by atoms with Crippen molar-refractivity contribution in [3.63, 3.8) is 0 Å². The highest BCUT2D eigenvalue weighted by atomic mass is 19.1. The fraction of sp³-hybridized carbons (Fsp3) is 0.625. The molecule has 1 N–H and O–H groups in total. The lowest BCUT2D eigenvalue weighted by Gasteiger charge is -2.29. The Balaban J connectivity index is 2.28. The van der Waals surface area contributed by atoms with E-state index in [1.165, 1.54) is 12.8 Å². The summed E-state index contributed by atoms with van der Waals surface area (Å²) in [6.45, 7) is 9.05. The average molecular weight is 264 g/mol. The molecule has 0 heterocycles. The second-order valence-corrected chi connectivity index (χ2v) is 5.81. The van der Waals surface area contributed by atoms with E-state index in [2.05, 4.69) is 31.0 Å². The summed E-state index contributed by atoms with van der Waals surface area (Å²) in [6.07, 6.45) is 2.39. The molecule has 0 atom stereocenters. The van der Waals surface area contributed by atoms with Crippen molar-refractivity contribution in [1.82, 2.24) is 5.32 Å². The van der Waals surface area contributed by atoms with Crippen LogP contribution < -0.4 is 10.2 Å². The highest BCUT2D eigenvalue weighted by Crippen LogP contribution is 2.35. The molecule has 2 nitrogen and oxygen atoms in total. The Hall–Kier alpha value is -1.09. The first kappa shape index (κ1) is 14.3. The normalized spacial score (nSPS) is 15.0. The van der Waals surface area contributed by atoms with Crippen molar-refractivity contribution < 1.29 is 4.39 Å². The van der Waals surface area contributed by atoms with Crippen LogP contribution in [-0.4, -0.2) is 19.1 Å². The number of nitrogens with one attached hydrogen (secondary N) is 1. The molecule has 1 aromatic rings. The number of rotatable bonds is 7. The minimum Gasteiger partial charge on any atom is -0.366 e. The lowest BCUT2D eigenvalue weighted by Crippen LogP contribution is -2.32. The van der Waals surface area contributed by atoms with E-state index in [0.29, 0.717) is 12.0 Å². The Bertz CT molecular complexity index is 413. The van der Waals surface area contributed by atoms with E-state index in [0.717, 1.165) is 30.9 Å². The van der Waals surface area contributed by atoms with E-state index in [9.17, 15) is 4.39 Å². The van der Waals surface area contributed by atoms with Crippen LogP contribution in [0.15, 0.2) is 18.2 Å². The first-order valence-electron chi connectivity index (χ1n) is 7.38. The number of nitrogens with zero attached hydrogens (tertiary/aromatic N) is 1. The SMILES string of the molecule is CCNCc1cccc(F)c1N(CC(C)C)C1CC1. The van der Waals surface area contributed by atoms with Crippen molar-refractivity contribution in [3.05, 3.63) is 29.6 Å². The fourth-order valence-electron chi connectivity index (χ4n) is 2.49. The van der Waals surface area contributed by atoms with Gasteiger partial charge in [0.2, 0.25) is 0 Å². The number of hydrogen-bond acceptors (Lipinski definition) is 2. The average Bonchev–Trinajstić information content (AvgIpc) is 3.18. The molecule has 0 unspecified atom stereocenters. The van der Waals surface area contributed by atoms with Crippen LogP contribution in [0.1, 0.15) is 39.2 Å². The van der Waals surface area contributed by atoms with Gasteiger partial charge in [-0.15, -0.1) is 0 Å². The zero-order valence-electron chi connectivity index (χ0n) is 12.2. The quantitative estimate of drug-likeness (QED) is 0.810. The van der Waals surface area contributed by atoms with Crippen LogP contribution in [-0.2, 0) is 6.54 Å². The van der Waals surface area contributed by atoms with Crippen molar-refractivity contribution in [1.29, 1.82) is 0 Å². The highest BCUT2D eigenvalue weighted by molar-refractivity contribution is 5.56. The molecule has 0 bridgehead atoms. The Morgan fingerprint density at radius 2 is 2.11 bits per heavy atom. The van der Waals surface area contributed by atoms with Gasteiger partial charge in [0.25, 0.3) is 0 Å². The molecular formula is C16H25FN2. The number of halogens is 1. The van der Waals surface area contributed by atoms with Gasteiger partial charge in [-0.25, -0.2) is 4.39 Å². The smallest absolute Gasteiger partial charge is 0.146 e. The molecule has 1 aliphatic rings. The van der Waals surface area contributed by atoms with Crippen molar-refractivity contribution in [2.24, 2.45) is 5.92 Å². The number of benzene rings is 1. The minimum atomic E-state index is -0.0806. The van der Waals surface area contributed by atoms with Crippen LogP contribution in [0.4, 0.5) is 10.1 Å². The molecule has 0 amide bonds. The van der Waals surface area contributed by atoms with Gasteiger partial charge < -0.3 is 10.2 Å². The van der Waals surface area contributed by atoms with Crippen LogP contribution in [0.25, 0.3) is 0 Å². The Labute approximate surface area is 116 Å². The largest absolute Gasteiger partial charge is 0.366 e. The van der Waals surface area contributed by atoms with E-state index in [1.54, 1.807) is 6.07 Å². The standard InChI is InChI=1S/C16H25FN2/c1-4-18-10-13-6-5-7-15(17)16(13)19(11-12(2)3)14-8-9-14/h5-7,12,14,18H,4,8-11H2,1-3H3. The molecule has 0 spiro atoms. The minimum absolute atomic E-state index is 0.0806. The molecule has 3 heteroatoms. The molecule has 2 rings (SSSR count). The zero-order valence-corrected chi connectivity index (χ0v) is 12.2. The monoisotopic (exact) mass is 264 g/mol. The molecule has 19 heavy (non-hydrogen) atoms. The first-order chi connectivity index (χ1) is 9.13. The summed E-state index contributed by atoms with van der Waals surface area (Å²) < 4.78 is 14.3. The van der Waals surface area contributed by atoms with Crippen molar-refractivity contribution in [2.75, 3.05) is 18.0 Å². The van der Waals surface area contributed by atoms with Gasteiger partial charge >= 0.3 is 0 Å². The summed E-state index contributed by atoms with van der Waals surface area (Å²) in [4.78, 5) is 2.28. The van der Waals surface area contributed by atoms with Gasteiger partial charge in [-0.2, -0.15) is 0 Å². The number of para-hydroxylation sites is 1. The van der Waals surface area contributed by atoms with Gasteiger partial charge in [0, 0.05) is 19.1 Å². The summed E-state index contributed by atoms with van der Waals surface area (Å²) in [6, 6.07) is 5.98. The molecule has 106 valence electrons. The van der Waals surface area contributed by atoms with Crippen molar-refractivity contribution in [2.45, 2.75) is 46.2 Å². The van der Waals surface area contributed by atoms with Crippen molar-refractivity contribution in [3.8, 4) is 0 Å². The van der Waals surface area contributed by atoms with Crippen LogP contribution in [0.5, 0.6) is 0 Å². The van der Waals surface area contributed by atoms with Gasteiger partial charge in [0.15, 0.2) is 0 Å². The van der Waals surface area contributed by atoms with Gasteiger partial charge in [-0.05, 0) is 36.9 Å². The van der Waals surface area contributed by atoms with E-state index >= 15 is 0 Å². The molecule has 0 saturated heterocycles. The van der Waals surface area contributed by atoms with Crippen LogP contribution in [0, 0.1) is 11.7 Å². The summed E-state index contributed by atoms with van der Waals surface area (Å²) >= 11 is 0. The van der Waals surface area contributed by atoms with E-state index in [-0.39, 0.29) is 5.82 Å². The van der Waals surface area contributed by atoms with Crippen LogP contribution in [0.3, 0.4) is 0 Å². The Morgan fingerprint density at radius 1 is 1.37 bits per heavy atom. The Morgan fingerprint density at radius 3 is 2.68 bits per heavy atom. The lowest BCUT2D eigenvalue weighted by atomic mass is 10.1. The summed E-state index contributed by atoms with van der Waals surface area (Å²) in [7, 11) is 0. The van der Waals surface area contributed by atoms with Crippen LogP contribution >= 0.6 is 0 Å². The van der Waals surface area contributed by atoms with Crippen LogP contribution in [0.2, 0.25) is 0 Å². The second kappa shape index (κ2) is 6.38. The molecule has 1 aliphatic carbocycles. The van der Waals surface area contributed by atoms with Gasteiger partial charge in [0.1, 0.15) is 5.82 Å². The summed E-state index contributed by atoms with van der Waals surface area (Å²) in [5.41, 5.74) is 1.90. The predicted octanol–water partition coefficient (Wildman–Crippen LogP) is 3.56. The van der Waals surface area contributed by atoms with Gasteiger partial charge in [-0.1, -0.05) is 32.9 Å². The topological polar surface area (TPSA) is 15.3 Å². The molecule has 1 saturated carbocycles. The van der Waals surface area contributed by atoms with E-state index in [1.807, 2.05) is 12.1 Å². The van der Waals surface area contributed by atoms with Gasteiger partial charge in [0.05, 0.1) is 5.69 Å². The maximum atomic E-state index is 14.3. The number of hydrogen-bond donors (Lipinski definition) is 1. The first-order valence-corrected chi connectivity index (χ1v) is 7.38. The second-order valence-electron chi connectivity index (χ2n) is 5.81. The zero-order chi connectivity index (χ0) is 13.8. The lowest BCUT2D eigenvalue weighted by molar-refractivity contribution is 0.572. The molecular weight excluding hydrogens is 239 g/mol. The molecule has 0 aromatic heterocycles. The third-order valence-electron chi connectivity index (χ3n) is 3.47. The predicted molar refractivity (Wildman–Crippen MR) is 79.0 cm³/mol. The van der Waals surface area contributed by atoms with E-state index < -0.39 is 0 Å². The molecule has 1 aromatic carbocycles. The molecule has 0 aliphatic heterocycles. The maximum absolute atomic E-state index is 14.3. The van der Waals surface area contributed by atoms with Gasteiger partial charge in [-0.3, -0.25) is 0 Å². The molecule has 0 radical (unpaired) electrons. The number of anilines is 1. The summed E-state index contributed by atoms with van der Waals surface area (Å²) in [5, 5.41) is 3.31. The molecule has 1 fully saturated rings. The fourth-order valence-corrected chi connectivity index (χ4v) is 2.49. The Kier molecular flexibility index (Phi) is 4.81. The van der Waals surface area contributed by atoms with Crippen molar-refractivity contribution >= 4 is 5.69 Å². The summed E-state index contributed by atoms with van der Waals surface area (Å²) in [5.74, 6) is 0.468. The third-order valence-corrected chi connectivity index (χ3v) is 3.47. The third kappa shape index (κ3) is 3.69. The maximum Gasteiger partial charge on any atom is 0.146 e.